The van der Waals surface area contributed by atoms with Gasteiger partial charge in [-0.15, -0.1) is 0 Å². The second-order valence-corrected chi connectivity index (χ2v) is 9.49. The molecule has 0 aliphatic carbocycles. The predicted molar refractivity (Wildman–Crippen MR) is 145 cm³/mol. The maximum Gasteiger partial charge on any atom is 0.224 e. The second-order valence-electron chi connectivity index (χ2n) is 9.49. The fourth-order valence-corrected chi connectivity index (χ4v) is 3.85. The van der Waals surface area contributed by atoms with Crippen LogP contribution in [0.5, 0.6) is 0 Å². The summed E-state index contributed by atoms with van der Waals surface area (Å²) in [5.74, 6) is -2.22. The maximum absolute atomic E-state index is 10.00. The number of rotatable bonds is 15. The number of hydrogen-bond donors (Lipinski definition) is 8. The average molecular weight is 577 g/mol. The van der Waals surface area contributed by atoms with Crippen LogP contribution in [-0.2, 0) is 18.9 Å². The second kappa shape index (κ2) is 20.2. The lowest BCUT2D eigenvalue weighted by Gasteiger charge is -2.43. The molecule has 12 heteroatoms. The van der Waals surface area contributed by atoms with Crippen molar-refractivity contribution in [2.45, 2.75) is 107 Å². The van der Waals surface area contributed by atoms with E-state index >= 15 is 0 Å². The zero-order valence-electron chi connectivity index (χ0n) is 23.3. The van der Waals surface area contributed by atoms with Crippen molar-refractivity contribution >= 4 is 0 Å². The molecule has 0 unspecified atom stereocenters. The lowest BCUT2D eigenvalue weighted by atomic mass is 9.99. The number of hydrogen-bond acceptors (Lipinski definition) is 12. The number of aliphatic hydroxyl groups is 8. The summed E-state index contributed by atoms with van der Waals surface area (Å²) >= 11 is 0. The first-order valence-electron chi connectivity index (χ1n) is 13.8. The fraction of sp³-hybridized carbons (Fsp3) is 0.714. The van der Waals surface area contributed by atoms with Crippen molar-refractivity contribution in [3.63, 3.8) is 0 Å². The molecule has 0 aromatic rings. The van der Waals surface area contributed by atoms with Crippen molar-refractivity contribution in [3.05, 3.63) is 49.0 Å². The molecule has 2 fully saturated rings. The highest BCUT2D eigenvalue weighted by Gasteiger charge is 2.58. The van der Waals surface area contributed by atoms with E-state index in [1.807, 2.05) is 24.3 Å². The van der Waals surface area contributed by atoms with Gasteiger partial charge >= 0.3 is 0 Å². The monoisotopic (exact) mass is 576 g/mol. The van der Waals surface area contributed by atoms with Gasteiger partial charge in [0.25, 0.3) is 0 Å². The molecule has 2 saturated heterocycles. The van der Waals surface area contributed by atoms with Crippen LogP contribution < -0.4 is 0 Å². The van der Waals surface area contributed by atoms with E-state index in [0.717, 1.165) is 12.8 Å². The summed E-state index contributed by atoms with van der Waals surface area (Å²) in [6.45, 7) is 2.08. The van der Waals surface area contributed by atoms with E-state index < -0.39 is 74.6 Å². The molecule has 12 nitrogen and oxygen atoms in total. The quantitative estimate of drug-likeness (QED) is 0.0746. The highest BCUT2D eigenvalue weighted by molar-refractivity contribution is 5.03. The highest BCUT2D eigenvalue weighted by Crippen LogP contribution is 2.35. The Morgan fingerprint density at radius 1 is 0.700 bits per heavy atom. The predicted octanol–water partition coefficient (Wildman–Crippen LogP) is 0.128. The van der Waals surface area contributed by atoms with Gasteiger partial charge in [0.2, 0.25) is 5.79 Å². The lowest BCUT2D eigenvalue weighted by Crippen LogP contribution is -2.62. The Bertz CT molecular complexity index is 744. The van der Waals surface area contributed by atoms with Gasteiger partial charge in [-0.25, -0.2) is 0 Å². The van der Waals surface area contributed by atoms with Crippen molar-refractivity contribution in [1.82, 2.24) is 0 Å². The summed E-state index contributed by atoms with van der Waals surface area (Å²) < 4.78 is 20.6. The minimum Gasteiger partial charge on any atom is -0.473 e. The Hall–Kier alpha value is -1.68. The Morgan fingerprint density at radius 3 is 1.70 bits per heavy atom. The number of ether oxygens (including phenoxy) is 4. The molecule has 0 aromatic heterocycles. The van der Waals surface area contributed by atoms with Crippen LogP contribution in [0.15, 0.2) is 49.0 Å². The van der Waals surface area contributed by atoms with Gasteiger partial charge in [-0.2, -0.15) is 0 Å². The first-order chi connectivity index (χ1) is 19.2. The highest BCUT2D eigenvalue weighted by atomic mass is 16.8. The Balaban J connectivity index is 0.000000421. The molecule has 9 atom stereocenters. The number of unbranched alkanes of at least 4 members (excludes halogenated alkanes) is 4. The topological polar surface area (TPSA) is 199 Å². The fourth-order valence-electron chi connectivity index (χ4n) is 3.85. The van der Waals surface area contributed by atoms with Crippen LogP contribution in [-0.4, -0.2) is 115 Å². The van der Waals surface area contributed by atoms with Crippen LogP contribution in [0.1, 0.15) is 52.4 Å². The minimum absolute atomic E-state index is 0.669. The third kappa shape index (κ3) is 11.3. The van der Waals surface area contributed by atoms with Crippen molar-refractivity contribution in [2.75, 3.05) is 19.8 Å². The van der Waals surface area contributed by atoms with Gasteiger partial charge in [-0.1, -0.05) is 63.8 Å². The number of aliphatic hydroxyl groups excluding tert-OH is 8. The summed E-state index contributed by atoms with van der Waals surface area (Å²) in [6.07, 6.45) is 10.3. The molecule has 0 aromatic carbocycles. The van der Waals surface area contributed by atoms with Gasteiger partial charge in [0.05, 0.1) is 25.7 Å². The normalized spacial score (nSPS) is 34.8. The molecule has 2 rings (SSSR count). The van der Waals surface area contributed by atoms with E-state index in [2.05, 4.69) is 26.0 Å². The number of allylic oxidation sites excluding steroid dienone is 6. The summed E-state index contributed by atoms with van der Waals surface area (Å²) in [4.78, 5) is 0. The minimum atomic E-state index is -2.22. The smallest absolute Gasteiger partial charge is 0.224 e. The van der Waals surface area contributed by atoms with Crippen LogP contribution in [0.2, 0.25) is 0 Å². The third-order valence-corrected chi connectivity index (χ3v) is 6.33. The first kappa shape index (κ1) is 36.3. The summed E-state index contributed by atoms with van der Waals surface area (Å²) in [5, 5.41) is 76.7. The molecule has 2 heterocycles. The summed E-state index contributed by atoms with van der Waals surface area (Å²) in [7, 11) is 0. The van der Waals surface area contributed by atoms with Crippen LogP contribution in [0.3, 0.4) is 0 Å². The molecule has 0 radical (unpaired) electrons. The van der Waals surface area contributed by atoms with E-state index in [1.165, 1.54) is 25.7 Å². The summed E-state index contributed by atoms with van der Waals surface area (Å²) in [5.41, 5.74) is 0. The SMILES string of the molecule is CCCC/C=C/C=C/O/C=C/C=C/CCCC.OC[C@H]1O[C@@](CO)(O[C@H]2O[C@H](CO)[C@@H](O)[C@H](O)[C@H]2O)[C@@H](O)[C@@H]1O. The van der Waals surface area contributed by atoms with E-state index in [9.17, 15) is 30.6 Å². The van der Waals surface area contributed by atoms with E-state index in [4.69, 9.17) is 29.2 Å². The van der Waals surface area contributed by atoms with Crippen molar-refractivity contribution in [3.8, 4) is 0 Å². The molecule has 2 aliphatic rings. The van der Waals surface area contributed by atoms with Gasteiger partial charge in [-0.3, -0.25) is 0 Å². The molecule has 2 aliphatic heterocycles. The van der Waals surface area contributed by atoms with Crippen molar-refractivity contribution in [1.29, 1.82) is 0 Å². The van der Waals surface area contributed by atoms with Gasteiger partial charge < -0.3 is 59.8 Å². The van der Waals surface area contributed by atoms with E-state index in [0.29, 0.717) is 0 Å². The van der Waals surface area contributed by atoms with Gasteiger partial charge in [0, 0.05) is 0 Å². The van der Waals surface area contributed by atoms with Crippen LogP contribution in [0.25, 0.3) is 0 Å². The molecule has 8 N–H and O–H groups in total. The standard InChI is InChI=1S/C16H26O.C12H22O11/c1-3-5-7-9-11-13-15-17-16-14-12-10-8-6-4-2;13-1-4-6(16)8(18)9(19)11(21-4)23-12(3-15)10(20)7(17)5(2-14)22-12/h9-16H,3-8H2,1-2H3;4-11,13-20H,1-3H2/b11-9+,12-10+,15-13+,16-14+;/t;4-,5-,6-,7-,8+,9-,10+,11-,12+/m.1/s1. The van der Waals surface area contributed by atoms with Crippen LogP contribution in [0.4, 0.5) is 0 Å². The van der Waals surface area contributed by atoms with Crippen LogP contribution in [0, 0.1) is 0 Å². The molecular weight excluding hydrogens is 528 g/mol. The third-order valence-electron chi connectivity index (χ3n) is 6.33. The zero-order valence-corrected chi connectivity index (χ0v) is 23.3. The van der Waals surface area contributed by atoms with Gasteiger partial charge in [-0.05, 0) is 25.0 Å². The van der Waals surface area contributed by atoms with Crippen molar-refractivity contribution < 1.29 is 59.8 Å². The van der Waals surface area contributed by atoms with Gasteiger partial charge in [0.15, 0.2) is 6.29 Å². The lowest BCUT2D eigenvalue weighted by molar-refractivity contribution is -0.383. The molecule has 0 amide bonds. The maximum atomic E-state index is 10.00. The Kier molecular flexibility index (Phi) is 18.4. The average Bonchev–Trinajstić information content (AvgIpc) is 3.21. The Labute approximate surface area is 236 Å². The molecule has 232 valence electrons. The van der Waals surface area contributed by atoms with Crippen molar-refractivity contribution in [2.24, 2.45) is 0 Å². The first-order valence-corrected chi connectivity index (χ1v) is 13.8. The molecular formula is C28H48O12. The molecule has 0 spiro atoms. The van der Waals surface area contributed by atoms with E-state index in [1.54, 1.807) is 12.5 Å². The van der Waals surface area contributed by atoms with Gasteiger partial charge in [0.1, 0.15) is 49.3 Å². The van der Waals surface area contributed by atoms with Crippen LogP contribution >= 0.6 is 0 Å². The molecule has 0 bridgehead atoms. The zero-order chi connectivity index (χ0) is 30.0. The van der Waals surface area contributed by atoms with E-state index in [-0.39, 0.29) is 0 Å². The molecule has 40 heavy (non-hydrogen) atoms. The largest absolute Gasteiger partial charge is 0.473 e. The Morgan fingerprint density at radius 2 is 1.25 bits per heavy atom. The molecule has 0 saturated carbocycles. The summed E-state index contributed by atoms with van der Waals surface area (Å²) in [6, 6.07) is 0.